The zero-order valence-corrected chi connectivity index (χ0v) is 10.4. The molecule has 2 rings (SSSR count). The van der Waals surface area contributed by atoms with Crippen molar-refractivity contribution in [2.45, 2.75) is 13.0 Å². The Balaban J connectivity index is 2.03. The molecule has 5 heteroatoms. The van der Waals surface area contributed by atoms with E-state index in [0.29, 0.717) is 12.4 Å². The topological polar surface area (TPSA) is 53.5 Å². The van der Waals surface area contributed by atoms with Gasteiger partial charge in [0.2, 0.25) is 0 Å². The second kappa shape index (κ2) is 4.65. The van der Waals surface area contributed by atoms with Crippen LogP contribution in [0.25, 0.3) is 0 Å². The Bertz CT molecular complexity index is 445. The van der Waals surface area contributed by atoms with Crippen molar-refractivity contribution >= 4 is 33.4 Å². The largest absolute Gasteiger partial charge is 0.361 e. The van der Waals surface area contributed by atoms with Crippen LogP contribution in [0.2, 0.25) is 0 Å². The Morgan fingerprint density at radius 3 is 3.06 bits per heavy atom. The number of carbonyl (C=O) groups is 1. The van der Waals surface area contributed by atoms with E-state index in [1.165, 1.54) is 0 Å². The summed E-state index contributed by atoms with van der Waals surface area (Å²) in [6, 6.07) is 7.69. The summed E-state index contributed by atoms with van der Waals surface area (Å²) in [4.78, 5) is 15.9. The quantitative estimate of drug-likeness (QED) is 0.868. The van der Waals surface area contributed by atoms with Crippen molar-refractivity contribution in [2.75, 3.05) is 11.9 Å². The summed E-state index contributed by atoms with van der Waals surface area (Å²) in [5.41, 5.74) is 0.753. The van der Waals surface area contributed by atoms with Gasteiger partial charge in [-0.25, -0.2) is 0 Å². The number of halogens is 1. The lowest BCUT2D eigenvalue weighted by Gasteiger charge is -2.07. The first-order chi connectivity index (χ1) is 7.65. The number of anilines is 1. The molecule has 1 aromatic carbocycles. The minimum atomic E-state index is -0.192. The molecule has 1 heterocycles. The van der Waals surface area contributed by atoms with E-state index >= 15 is 0 Å². The van der Waals surface area contributed by atoms with Crippen molar-refractivity contribution in [3.05, 3.63) is 28.7 Å². The van der Waals surface area contributed by atoms with Crippen LogP contribution in [0.4, 0.5) is 5.69 Å². The Kier molecular flexibility index (Phi) is 3.24. The normalized spacial score (nSPS) is 18.9. The fraction of sp³-hybridized carbons (Fsp3) is 0.273. The highest BCUT2D eigenvalue weighted by molar-refractivity contribution is 9.10. The van der Waals surface area contributed by atoms with Gasteiger partial charge >= 0.3 is 0 Å². The molecule has 0 saturated carbocycles. The number of aliphatic imine (C=N–C) groups is 1. The van der Waals surface area contributed by atoms with Gasteiger partial charge < -0.3 is 10.6 Å². The van der Waals surface area contributed by atoms with Gasteiger partial charge in [-0.2, -0.15) is 0 Å². The zero-order valence-electron chi connectivity index (χ0n) is 8.83. The van der Waals surface area contributed by atoms with Gasteiger partial charge in [0.05, 0.1) is 6.54 Å². The van der Waals surface area contributed by atoms with E-state index in [0.717, 1.165) is 10.2 Å². The number of hydrogen-bond donors (Lipinski definition) is 2. The van der Waals surface area contributed by atoms with Crippen LogP contribution in [-0.2, 0) is 4.79 Å². The molecule has 0 aliphatic carbocycles. The third kappa shape index (κ3) is 2.61. The van der Waals surface area contributed by atoms with Crippen molar-refractivity contribution in [1.29, 1.82) is 0 Å². The zero-order chi connectivity index (χ0) is 11.5. The van der Waals surface area contributed by atoms with Crippen LogP contribution >= 0.6 is 15.9 Å². The predicted molar refractivity (Wildman–Crippen MR) is 67.7 cm³/mol. The van der Waals surface area contributed by atoms with Gasteiger partial charge in [0.25, 0.3) is 5.91 Å². The Hall–Kier alpha value is -1.36. The third-order valence-electron chi connectivity index (χ3n) is 2.20. The number of nitrogens with zero attached hydrogens (tertiary/aromatic N) is 1. The molecular formula is C11H12BrN3O. The van der Waals surface area contributed by atoms with E-state index in [2.05, 4.69) is 31.6 Å². The molecule has 2 N–H and O–H groups in total. The molecule has 1 aromatic rings. The fourth-order valence-electron chi connectivity index (χ4n) is 1.45. The van der Waals surface area contributed by atoms with Crippen LogP contribution < -0.4 is 10.6 Å². The number of hydrogen-bond acceptors (Lipinski definition) is 3. The van der Waals surface area contributed by atoms with Crippen LogP contribution in [0.3, 0.4) is 0 Å². The molecule has 0 spiro atoms. The molecule has 84 valence electrons. The summed E-state index contributed by atoms with van der Waals surface area (Å²) in [6.07, 6.45) is 0. The lowest BCUT2D eigenvalue weighted by molar-refractivity contribution is -0.110. The summed E-state index contributed by atoms with van der Waals surface area (Å²) < 4.78 is 0.931. The van der Waals surface area contributed by atoms with Gasteiger partial charge in [0, 0.05) is 16.2 Å². The first-order valence-corrected chi connectivity index (χ1v) is 5.82. The Labute approximate surface area is 102 Å². The van der Waals surface area contributed by atoms with Crippen LogP contribution in [0, 0.1) is 0 Å². The van der Waals surface area contributed by atoms with Gasteiger partial charge in [-0.3, -0.25) is 9.79 Å². The molecule has 0 aromatic heterocycles. The summed E-state index contributed by atoms with van der Waals surface area (Å²) in [6.45, 7) is 2.64. The Morgan fingerprint density at radius 2 is 2.44 bits per heavy atom. The van der Waals surface area contributed by atoms with Gasteiger partial charge in [-0.15, -0.1) is 0 Å². The Morgan fingerprint density at radius 1 is 1.62 bits per heavy atom. The summed E-state index contributed by atoms with van der Waals surface area (Å²) in [5, 5.41) is 5.80. The van der Waals surface area contributed by atoms with Crippen molar-refractivity contribution in [1.82, 2.24) is 5.32 Å². The highest BCUT2D eigenvalue weighted by Gasteiger charge is 2.19. The molecule has 0 radical (unpaired) electrons. The summed E-state index contributed by atoms with van der Waals surface area (Å²) >= 11 is 3.35. The molecule has 16 heavy (non-hydrogen) atoms. The summed E-state index contributed by atoms with van der Waals surface area (Å²) in [7, 11) is 0. The fourth-order valence-corrected chi connectivity index (χ4v) is 1.85. The molecule has 1 amide bonds. The number of carbonyl (C=O) groups excluding carboxylic acids is 1. The molecule has 1 unspecified atom stereocenters. The smallest absolute Gasteiger partial charge is 0.290 e. The van der Waals surface area contributed by atoms with E-state index in [9.17, 15) is 4.79 Å². The second-order valence-corrected chi connectivity index (χ2v) is 4.61. The maximum absolute atomic E-state index is 11.8. The molecule has 1 aliphatic heterocycles. The predicted octanol–water partition coefficient (Wildman–Crippen LogP) is 1.78. The van der Waals surface area contributed by atoms with Gasteiger partial charge in [0.15, 0.2) is 5.84 Å². The molecule has 1 atom stereocenters. The molecule has 4 nitrogen and oxygen atoms in total. The lowest BCUT2D eigenvalue weighted by atomic mass is 10.3. The van der Waals surface area contributed by atoms with Crippen molar-refractivity contribution < 1.29 is 4.79 Å². The minimum absolute atomic E-state index is 0.192. The third-order valence-corrected chi connectivity index (χ3v) is 2.70. The van der Waals surface area contributed by atoms with E-state index < -0.39 is 0 Å². The van der Waals surface area contributed by atoms with Crippen LogP contribution in [-0.4, -0.2) is 24.3 Å². The first kappa shape index (κ1) is 11.1. The minimum Gasteiger partial charge on any atom is -0.361 e. The van der Waals surface area contributed by atoms with Crippen LogP contribution in [0.5, 0.6) is 0 Å². The highest BCUT2D eigenvalue weighted by atomic mass is 79.9. The number of nitrogens with one attached hydrogen (secondary N) is 2. The van der Waals surface area contributed by atoms with Crippen molar-refractivity contribution in [2.24, 2.45) is 4.99 Å². The highest BCUT2D eigenvalue weighted by Crippen LogP contribution is 2.15. The second-order valence-electron chi connectivity index (χ2n) is 3.70. The summed E-state index contributed by atoms with van der Waals surface area (Å²) in [5.74, 6) is 0.218. The molecule has 0 bridgehead atoms. The van der Waals surface area contributed by atoms with Gasteiger partial charge in [-0.1, -0.05) is 22.0 Å². The van der Waals surface area contributed by atoms with Crippen LogP contribution in [0.1, 0.15) is 6.92 Å². The van der Waals surface area contributed by atoms with E-state index in [1.807, 2.05) is 31.2 Å². The standard InChI is InChI=1S/C11H12BrN3O/c1-7-6-13-10(14-7)11(16)15-9-4-2-3-8(12)5-9/h2-5,7H,6H2,1H3,(H,13,14)(H,15,16). The van der Waals surface area contributed by atoms with E-state index in [4.69, 9.17) is 0 Å². The SMILES string of the molecule is CC1CN=C(C(=O)Nc2cccc(Br)c2)N1. The monoisotopic (exact) mass is 281 g/mol. The maximum Gasteiger partial charge on any atom is 0.290 e. The van der Waals surface area contributed by atoms with Crippen LogP contribution in [0.15, 0.2) is 33.7 Å². The average molecular weight is 282 g/mol. The van der Waals surface area contributed by atoms with E-state index in [1.54, 1.807) is 0 Å². The molecule has 1 aliphatic rings. The number of amidine groups is 1. The van der Waals surface area contributed by atoms with Gasteiger partial charge in [0.1, 0.15) is 0 Å². The number of amides is 1. The van der Waals surface area contributed by atoms with Crippen molar-refractivity contribution in [3.8, 4) is 0 Å². The molecule has 0 fully saturated rings. The lowest BCUT2D eigenvalue weighted by Crippen LogP contribution is -2.36. The maximum atomic E-state index is 11.8. The average Bonchev–Trinajstić information content (AvgIpc) is 2.65. The first-order valence-electron chi connectivity index (χ1n) is 5.03. The van der Waals surface area contributed by atoms with E-state index in [-0.39, 0.29) is 11.9 Å². The number of rotatable bonds is 2. The molecule has 0 saturated heterocycles. The molecular weight excluding hydrogens is 270 g/mol. The van der Waals surface area contributed by atoms with Gasteiger partial charge in [-0.05, 0) is 25.1 Å². The van der Waals surface area contributed by atoms with Crippen molar-refractivity contribution in [3.63, 3.8) is 0 Å². The number of benzene rings is 1.